The molecule has 2 N–H and O–H groups in total. The fourth-order valence-corrected chi connectivity index (χ4v) is 2.90. The number of nitrogens with one attached hydrogen (secondary N) is 2. The van der Waals surface area contributed by atoms with Gasteiger partial charge in [-0.15, -0.1) is 10.2 Å². The van der Waals surface area contributed by atoms with Crippen LogP contribution < -0.4 is 16.4 Å². The number of hydrogen-bond acceptors (Lipinski definition) is 5. The second kappa shape index (κ2) is 6.81. The summed E-state index contributed by atoms with van der Waals surface area (Å²) in [5, 5.41) is 13.5. The van der Waals surface area contributed by atoms with Gasteiger partial charge in [-0.3, -0.25) is 19.5 Å². The van der Waals surface area contributed by atoms with Crippen LogP contribution in [0.1, 0.15) is 43.9 Å². The van der Waals surface area contributed by atoms with Crippen molar-refractivity contribution in [3.05, 3.63) is 44.5 Å². The maximum atomic E-state index is 12.2. The van der Waals surface area contributed by atoms with Crippen molar-refractivity contribution in [3.63, 3.8) is 0 Å². The molecule has 0 spiro atoms. The van der Waals surface area contributed by atoms with E-state index in [-0.39, 0.29) is 18.5 Å². The summed E-state index contributed by atoms with van der Waals surface area (Å²) >= 11 is 0. The number of aromatic amines is 1. The van der Waals surface area contributed by atoms with Crippen LogP contribution in [0.5, 0.6) is 0 Å². The Morgan fingerprint density at radius 2 is 2.12 bits per heavy atom. The highest BCUT2D eigenvalue weighted by Gasteiger charge is 2.20. The molecule has 1 aliphatic rings. The smallest absolute Gasteiger partial charge is 0.265 e. The first kappa shape index (κ1) is 16.2. The van der Waals surface area contributed by atoms with Gasteiger partial charge in [-0.05, 0) is 19.8 Å². The number of aromatic nitrogens is 5. The van der Waals surface area contributed by atoms with Gasteiger partial charge in [-0.1, -0.05) is 6.42 Å². The van der Waals surface area contributed by atoms with Crippen LogP contribution in [0.3, 0.4) is 0 Å². The number of hydrogen-bond donors (Lipinski definition) is 2. The molecule has 0 radical (unpaired) electrons. The highest BCUT2D eigenvalue weighted by atomic mass is 16.2. The molecule has 9 heteroatoms. The molecule has 0 aliphatic carbocycles. The molecule has 0 aromatic carbocycles. The summed E-state index contributed by atoms with van der Waals surface area (Å²) in [4.78, 5) is 35.1. The van der Waals surface area contributed by atoms with Crippen molar-refractivity contribution in [1.29, 1.82) is 0 Å². The molecular formula is C15H20N6O3. The van der Waals surface area contributed by atoms with E-state index in [1.165, 1.54) is 0 Å². The van der Waals surface area contributed by atoms with Crippen LogP contribution in [0.15, 0.2) is 21.7 Å². The Morgan fingerprint density at radius 1 is 1.29 bits per heavy atom. The predicted molar refractivity (Wildman–Crippen MR) is 85.5 cm³/mol. The van der Waals surface area contributed by atoms with Gasteiger partial charge < -0.3 is 9.88 Å². The minimum Gasteiger partial charge on any atom is -0.345 e. The fourth-order valence-electron chi connectivity index (χ4n) is 2.90. The third kappa shape index (κ3) is 3.44. The summed E-state index contributed by atoms with van der Waals surface area (Å²) in [6, 6.07) is 1.93. The zero-order valence-corrected chi connectivity index (χ0v) is 13.5. The standard InChI is InChI=1S/C15H20N6O3/c1-10(15-18-17-11-5-3-2-4-8-20(11)15)16-13(23)9-21-14(24)7-6-12(22)19-21/h6-7,10H,2-5,8-9H2,1H3,(H,16,23)(H,19,22)/t10-/m0/s1. The molecule has 2 aromatic heterocycles. The van der Waals surface area contributed by atoms with Crippen LogP contribution in [0, 0.1) is 0 Å². The van der Waals surface area contributed by atoms with E-state index < -0.39 is 11.1 Å². The lowest BCUT2D eigenvalue weighted by Gasteiger charge is -2.15. The first-order valence-electron chi connectivity index (χ1n) is 8.06. The van der Waals surface area contributed by atoms with Crippen LogP contribution in [0.25, 0.3) is 0 Å². The average molecular weight is 332 g/mol. The van der Waals surface area contributed by atoms with Gasteiger partial charge in [-0.2, -0.15) is 0 Å². The molecule has 0 fully saturated rings. The van der Waals surface area contributed by atoms with E-state index in [0.29, 0.717) is 5.82 Å². The van der Waals surface area contributed by atoms with Gasteiger partial charge in [0, 0.05) is 25.1 Å². The molecule has 9 nitrogen and oxygen atoms in total. The van der Waals surface area contributed by atoms with Gasteiger partial charge in [0.1, 0.15) is 12.4 Å². The second-order valence-corrected chi connectivity index (χ2v) is 5.96. The largest absolute Gasteiger partial charge is 0.345 e. The van der Waals surface area contributed by atoms with Gasteiger partial charge >= 0.3 is 0 Å². The van der Waals surface area contributed by atoms with Gasteiger partial charge in [0.05, 0.1) is 6.04 Å². The van der Waals surface area contributed by atoms with Crippen LogP contribution in [-0.4, -0.2) is 30.5 Å². The van der Waals surface area contributed by atoms with Crippen molar-refractivity contribution in [3.8, 4) is 0 Å². The number of carbonyl (C=O) groups is 1. The SMILES string of the molecule is C[C@H](NC(=O)Cn1[nH]c(=O)ccc1=O)c1nnc2n1CCCCC2. The molecule has 0 saturated carbocycles. The van der Waals surface area contributed by atoms with E-state index in [1.807, 2.05) is 6.92 Å². The lowest BCUT2D eigenvalue weighted by atomic mass is 10.2. The zero-order valence-electron chi connectivity index (χ0n) is 13.5. The summed E-state index contributed by atoms with van der Waals surface area (Å²) in [5.74, 6) is 1.29. The summed E-state index contributed by atoms with van der Waals surface area (Å²) < 4.78 is 3.04. The normalized spacial score (nSPS) is 15.4. The van der Waals surface area contributed by atoms with Gasteiger partial charge in [0.2, 0.25) is 5.91 Å². The highest BCUT2D eigenvalue weighted by molar-refractivity contribution is 5.75. The summed E-state index contributed by atoms with van der Waals surface area (Å²) in [6.45, 7) is 2.43. The summed E-state index contributed by atoms with van der Waals surface area (Å²) in [7, 11) is 0. The molecule has 3 heterocycles. The lowest BCUT2D eigenvalue weighted by Crippen LogP contribution is -2.37. The molecule has 3 rings (SSSR count). The topological polar surface area (TPSA) is 115 Å². The van der Waals surface area contributed by atoms with E-state index in [1.54, 1.807) is 0 Å². The van der Waals surface area contributed by atoms with E-state index >= 15 is 0 Å². The van der Waals surface area contributed by atoms with Crippen molar-refractivity contribution in [2.45, 2.75) is 51.7 Å². The minimum atomic E-state index is -0.436. The van der Waals surface area contributed by atoms with E-state index in [0.717, 1.165) is 54.9 Å². The van der Waals surface area contributed by atoms with Crippen LogP contribution in [-0.2, 0) is 24.3 Å². The Morgan fingerprint density at radius 3 is 2.96 bits per heavy atom. The number of nitrogens with zero attached hydrogens (tertiary/aromatic N) is 4. The van der Waals surface area contributed by atoms with Crippen molar-refractivity contribution < 1.29 is 4.79 Å². The fraction of sp³-hybridized carbons (Fsp3) is 0.533. The highest BCUT2D eigenvalue weighted by Crippen LogP contribution is 2.18. The number of H-pyrrole nitrogens is 1. The quantitative estimate of drug-likeness (QED) is 0.800. The van der Waals surface area contributed by atoms with Crippen LogP contribution in [0.4, 0.5) is 0 Å². The van der Waals surface area contributed by atoms with E-state index in [2.05, 4.69) is 25.2 Å². The predicted octanol–water partition coefficient (Wildman–Crippen LogP) is -0.268. The Bertz CT molecular complexity index is 849. The van der Waals surface area contributed by atoms with Crippen LogP contribution in [0.2, 0.25) is 0 Å². The third-order valence-corrected chi connectivity index (χ3v) is 4.09. The summed E-state index contributed by atoms with van der Waals surface area (Å²) in [5.41, 5.74) is -0.869. The number of aryl methyl sites for hydroxylation is 1. The van der Waals surface area contributed by atoms with Gasteiger partial charge in [-0.25, -0.2) is 4.68 Å². The van der Waals surface area contributed by atoms with Crippen molar-refractivity contribution >= 4 is 5.91 Å². The molecule has 128 valence electrons. The minimum absolute atomic E-state index is 0.250. The molecule has 1 atom stereocenters. The molecule has 0 saturated heterocycles. The van der Waals surface area contributed by atoms with Gasteiger partial charge in [0.25, 0.3) is 11.1 Å². The van der Waals surface area contributed by atoms with Crippen LogP contribution >= 0.6 is 0 Å². The summed E-state index contributed by atoms with van der Waals surface area (Å²) in [6.07, 6.45) is 4.23. The van der Waals surface area contributed by atoms with Crippen molar-refractivity contribution in [2.24, 2.45) is 0 Å². The lowest BCUT2D eigenvalue weighted by molar-refractivity contribution is -0.122. The Balaban J connectivity index is 1.71. The Labute approximate surface area is 137 Å². The number of rotatable bonds is 4. The zero-order chi connectivity index (χ0) is 17.1. The van der Waals surface area contributed by atoms with Crippen molar-refractivity contribution in [1.82, 2.24) is 29.9 Å². The monoisotopic (exact) mass is 332 g/mol. The number of fused-ring (bicyclic) bond motifs is 1. The maximum Gasteiger partial charge on any atom is 0.265 e. The Hall–Kier alpha value is -2.71. The Kier molecular flexibility index (Phi) is 4.59. The van der Waals surface area contributed by atoms with Gasteiger partial charge in [0.15, 0.2) is 5.82 Å². The molecular weight excluding hydrogens is 312 g/mol. The first-order valence-corrected chi connectivity index (χ1v) is 8.06. The maximum absolute atomic E-state index is 12.2. The first-order chi connectivity index (χ1) is 11.5. The molecule has 24 heavy (non-hydrogen) atoms. The second-order valence-electron chi connectivity index (χ2n) is 5.96. The molecule has 1 aliphatic heterocycles. The molecule has 0 unspecified atom stereocenters. The molecule has 2 aromatic rings. The molecule has 1 amide bonds. The van der Waals surface area contributed by atoms with Crippen molar-refractivity contribution in [2.75, 3.05) is 0 Å². The number of amides is 1. The molecule has 0 bridgehead atoms. The third-order valence-electron chi connectivity index (χ3n) is 4.09. The van der Waals surface area contributed by atoms with E-state index in [4.69, 9.17) is 0 Å². The van der Waals surface area contributed by atoms with E-state index in [9.17, 15) is 14.4 Å². The number of carbonyl (C=O) groups excluding carboxylic acids is 1. The average Bonchev–Trinajstić information content (AvgIpc) is 2.80.